The molecule has 0 atom stereocenters. The molecule has 10 nitrogen and oxygen atoms in total. The zero-order valence-corrected chi connectivity index (χ0v) is 17.3. The molecule has 0 bridgehead atoms. The number of phenols is 1. The van der Waals surface area contributed by atoms with E-state index in [-0.39, 0.29) is 46.0 Å². The number of nitrogens with zero attached hydrogens (tertiary/aromatic N) is 2. The van der Waals surface area contributed by atoms with Gasteiger partial charge in [-0.05, 0) is 37.3 Å². The molecule has 0 fully saturated rings. The molecule has 1 amide bonds. The number of anilines is 1. The Morgan fingerprint density at radius 3 is 2.73 bits per heavy atom. The van der Waals surface area contributed by atoms with Crippen LogP contribution in [0, 0.1) is 0 Å². The summed E-state index contributed by atoms with van der Waals surface area (Å²) in [5.41, 5.74) is 0.326. The summed E-state index contributed by atoms with van der Waals surface area (Å²) < 4.78 is 16.0. The molecule has 3 heterocycles. The number of carbonyl (C=O) groups excluding carboxylic acids is 2. The molecule has 2 N–H and O–H groups in total. The molecule has 0 saturated heterocycles. The van der Waals surface area contributed by atoms with Crippen molar-refractivity contribution in [3.05, 3.63) is 76.8 Å². The van der Waals surface area contributed by atoms with Gasteiger partial charge < -0.3 is 19.0 Å². The van der Waals surface area contributed by atoms with Crippen molar-refractivity contribution in [3.8, 4) is 22.8 Å². The lowest BCUT2D eigenvalue weighted by Crippen LogP contribution is -2.15. The molecule has 0 unspecified atom stereocenters. The monoisotopic (exact) mass is 447 g/mol. The van der Waals surface area contributed by atoms with Crippen molar-refractivity contribution in [2.24, 2.45) is 0 Å². The minimum Gasteiger partial charge on any atom is -0.504 e. The molecule has 10 heteroatoms. The Bertz CT molecular complexity index is 1400. The van der Waals surface area contributed by atoms with Gasteiger partial charge in [0.15, 0.2) is 22.6 Å². The van der Waals surface area contributed by atoms with Crippen LogP contribution in [0.1, 0.15) is 17.3 Å². The van der Waals surface area contributed by atoms with Crippen LogP contribution in [0.25, 0.3) is 22.4 Å². The van der Waals surface area contributed by atoms with E-state index in [2.05, 4.69) is 15.3 Å². The van der Waals surface area contributed by atoms with Crippen LogP contribution in [-0.2, 0) is 4.74 Å². The number of pyridine rings is 2. The van der Waals surface area contributed by atoms with Gasteiger partial charge in [-0.2, -0.15) is 0 Å². The molecular weight excluding hydrogens is 430 g/mol. The topological polar surface area (TPSA) is 141 Å². The highest BCUT2D eigenvalue weighted by Crippen LogP contribution is 2.39. The van der Waals surface area contributed by atoms with Gasteiger partial charge in [0.1, 0.15) is 5.76 Å². The van der Waals surface area contributed by atoms with E-state index in [0.29, 0.717) is 0 Å². The first-order valence-corrected chi connectivity index (χ1v) is 9.78. The molecule has 33 heavy (non-hydrogen) atoms. The van der Waals surface area contributed by atoms with Crippen LogP contribution in [-0.4, -0.2) is 33.7 Å². The average Bonchev–Trinajstić information content (AvgIpc) is 2.81. The van der Waals surface area contributed by atoms with Crippen LogP contribution in [0.5, 0.6) is 11.5 Å². The second-order valence-corrected chi connectivity index (χ2v) is 6.67. The van der Waals surface area contributed by atoms with E-state index in [4.69, 9.17) is 13.9 Å². The number of ether oxygens (including phenoxy) is 2. The predicted molar refractivity (Wildman–Crippen MR) is 117 cm³/mol. The third-order valence-corrected chi connectivity index (χ3v) is 4.46. The molecule has 4 rings (SSSR count). The van der Waals surface area contributed by atoms with E-state index in [1.165, 1.54) is 42.9 Å². The van der Waals surface area contributed by atoms with Crippen molar-refractivity contribution >= 4 is 28.8 Å². The fourth-order valence-electron chi connectivity index (χ4n) is 3.00. The Labute approximate surface area is 186 Å². The normalized spacial score (nSPS) is 10.6. The fourth-order valence-corrected chi connectivity index (χ4v) is 3.00. The van der Waals surface area contributed by atoms with E-state index in [9.17, 15) is 19.5 Å². The molecule has 0 spiro atoms. The van der Waals surface area contributed by atoms with Crippen LogP contribution in [0.3, 0.4) is 0 Å². The van der Waals surface area contributed by atoms with Crippen molar-refractivity contribution in [1.29, 1.82) is 0 Å². The quantitative estimate of drug-likeness (QED) is 0.266. The summed E-state index contributed by atoms with van der Waals surface area (Å²) in [6.45, 7) is 1.74. The zero-order chi connectivity index (χ0) is 23.4. The van der Waals surface area contributed by atoms with Gasteiger partial charge in [-0.1, -0.05) is 0 Å². The van der Waals surface area contributed by atoms with E-state index in [0.717, 1.165) is 0 Å². The van der Waals surface area contributed by atoms with Crippen molar-refractivity contribution < 1.29 is 28.6 Å². The number of hydrogen-bond donors (Lipinski definition) is 2. The molecule has 0 radical (unpaired) electrons. The molecule has 3 aromatic heterocycles. The van der Waals surface area contributed by atoms with Crippen molar-refractivity contribution in [1.82, 2.24) is 9.97 Å². The maximum absolute atomic E-state index is 12.5. The van der Waals surface area contributed by atoms with Gasteiger partial charge in [-0.15, -0.1) is 0 Å². The lowest BCUT2D eigenvalue weighted by Gasteiger charge is -2.14. The number of aromatic hydroxyl groups is 1. The van der Waals surface area contributed by atoms with Crippen molar-refractivity contribution in [2.75, 3.05) is 11.9 Å². The summed E-state index contributed by atoms with van der Waals surface area (Å²) in [7, 11) is 0. The Balaban J connectivity index is 1.79. The first kappa shape index (κ1) is 21.5. The largest absolute Gasteiger partial charge is 0.504 e. The van der Waals surface area contributed by atoms with Gasteiger partial charge in [0.2, 0.25) is 5.43 Å². The predicted octanol–water partition coefficient (Wildman–Crippen LogP) is 3.74. The maximum Gasteiger partial charge on any atom is 0.411 e. The Morgan fingerprint density at radius 1 is 1.15 bits per heavy atom. The molecule has 0 saturated carbocycles. The number of nitrogens with one attached hydrogen (secondary N) is 1. The minimum atomic E-state index is -0.793. The summed E-state index contributed by atoms with van der Waals surface area (Å²) in [6.07, 6.45) is 3.48. The molecule has 0 aliphatic heterocycles. The third kappa shape index (κ3) is 4.64. The molecule has 4 aromatic rings. The lowest BCUT2D eigenvalue weighted by atomic mass is 10.1. The van der Waals surface area contributed by atoms with E-state index in [1.54, 1.807) is 25.1 Å². The summed E-state index contributed by atoms with van der Waals surface area (Å²) in [4.78, 5) is 44.8. The van der Waals surface area contributed by atoms with Crippen LogP contribution in [0.2, 0.25) is 0 Å². The molecule has 0 aliphatic carbocycles. The van der Waals surface area contributed by atoms with Crippen LogP contribution in [0.15, 0.2) is 70.3 Å². The highest BCUT2D eigenvalue weighted by molar-refractivity contribution is 5.94. The summed E-state index contributed by atoms with van der Waals surface area (Å²) >= 11 is 0. The standard InChI is InChI=1S/C23H17N3O7/c1-2-31-23(30)26-15-10-20(33-22(29)13-5-3-7-24-12-13)16(27)9-14(15)19-11-17(28)21-18(32-19)6-4-8-25-21/h3-12,27H,2H2,1H3,(H,26,30). The van der Waals surface area contributed by atoms with Crippen LogP contribution >= 0.6 is 0 Å². The molecular formula is C23H17N3O7. The highest BCUT2D eigenvalue weighted by Gasteiger charge is 2.20. The van der Waals surface area contributed by atoms with E-state index >= 15 is 0 Å². The van der Waals surface area contributed by atoms with Gasteiger partial charge in [0.05, 0.1) is 17.9 Å². The van der Waals surface area contributed by atoms with Gasteiger partial charge >= 0.3 is 12.1 Å². The number of benzene rings is 1. The molecule has 0 aliphatic rings. The zero-order valence-electron chi connectivity index (χ0n) is 17.3. The van der Waals surface area contributed by atoms with Gasteiger partial charge in [0, 0.05) is 36.3 Å². The van der Waals surface area contributed by atoms with Crippen molar-refractivity contribution in [2.45, 2.75) is 6.92 Å². The number of carbonyl (C=O) groups is 2. The van der Waals surface area contributed by atoms with E-state index < -0.39 is 23.2 Å². The number of fused-ring (bicyclic) bond motifs is 1. The number of hydrogen-bond acceptors (Lipinski definition) is 9. The van der Waals surface area contributed by atoms with Crippen LogP contribution in [0.4, 0.5) is 10.5 Å². The second-order valence-electron chi connectivity index (χ2n) is 6.67. The number of phenolic OH excluding ortho intramolecular Hbond substituents is 1. The molecule has 166 valence electrons. The molecule has 1 aromatic carbocycles. The number of aromatic nitrogens is 2. The SMILES string of the molecule is CCOC(=O)Nc1cc(OC(=O)c2cccnc2)c(O)cc1-c1cc(=O)c2ncccc2o1. The van der Waals surface area contributed by atoms with Gasteiger partial charge in [0.25, 0.3) is 0 Å². The fraction of sp³-hybridized carbons (Fsp3) is 0.0870. The summed E-state index contributed by atoms with van der Waals surface area (Å²) in [5, 5.41) is 13.0. The van der Waals surface area contributed by atoms with Gasteiger partial charge in [-0.3, -0.25) is 15.1 Å². The lowest BCUT2D eigenvalue weighted by molar-refractivity contribution is 0.0729. The first-order chi connectivity index (χ1) is 16.0. The number of rotatable bonds is 5. The van der Waals surface area contributed by atoms with Crippen LogP contribution < -0.4 is 15.5 Å². The maximum atomic E-state index is 12.5. The first-order valence-electron chi connectivity index (χ1n) is 9.78. The number of esters is 1. The third-order valence-electron chi connectivity index (χ3n) is 4.46. The van der Waals surface area contributed by atoms with Crippen molar-refractivity contribution in [3.63, 3.8) is 0 Å². The Kier molecular flexibility index (Phi) is 5.98. The summed E-state index contributed by atoms with van der Waals surface area (Å²) in [5.74, 6) is -1.38. The average molecular weight is 447 g/mol. The van der Waals surface area contributed by atoms with Gasteiger partial charge in [-0.25, -0.2) is 14.6 Å². The number of amides is 1. The second kappa shape index (κ2) is 9.18. The highest BCUT2D eigenvalue weighted by atomic mass is 16.5. The van der Waals surface area contributed by atoms with E-state index in [1.807, 2.05) is 0 Å². The Hall–Kier alpha value is -4.73. The minimum absolute atomic E-state index is 0.0488. The Morgan fingerprint density at radius 2 is 1.97 bits per heavy atom. The smallest absolute Gasteiger partial charge is 0.411 e. The summed E-state index contributed by atoms with van der Waals surface area (Å²) in [6, 6.07) is 9.83.